The molecule has 1 amide bonds. The van der Waals surface area contributed by atoms with E-state index >= 15 is 0 Å². The third kappa shape index (κ3) is 4.35. The number of furan rings is 1. The number of piperidine rings is 1. The fraction of sp³-hybridized carbons (Fsp3) is 0.400. The molecule has 0 radical (unpaired) electrons. The van der Waals surface area contributed by atoms with Crippen LogP contribution in [0, 0.1) is 5.92 Å². The van der Waals surface area contributed by atoms with Gasteiger partial charge in [-0.15, -0.1) is 11.3 Å². The number of nitrogens with one attached hydrogen (secondary N) is 1. The Balaban J connectivity index is 1.44. The summed E-state index contributed by atoms with van der Waals surface area (Å²) in [5.41, 5.74) is 1.31. The van der Waals surface area contributed by atoms with Gasteiger partial charge in [0.25, 0.3) is 0 Å². The number of sulfonamides is 1. The van der Waals surface area contributed by atoms with Crippen LogP contribution in [0.3, 0.4) is 0 Å². The van der Waals surface area contributed by atoms with Crippen molar-refractivity contribution in [1.29, 1.82) is 0 Å². The average molecular weight is 450 g/mol. The summed E-state index contributed by atoms with van der Waals surface area (Å²) < 4.78 is 36.2. The second kappa shape index (κ2) is 8.37. The molecule has 0 atom stereocenters. The van der Waals surface area contributed by atoms with Gasteiger partial charge in [-0.25, -0.2) is 17.7 Å². The lowest BCUT2D eigenvalue weighted by molar-refractivity contribution is -0.120. The molecule has 2 aromatic heterocycles. The van der Waals surface area contributed by atoms with Crippen LogP contribution in [0.15, 0.2) is 34.1 Å². The Hall–Kier alpha value is -2.43. The molecule has 0 unspecified atom stereocenters. The highest BCUT2D eigenvalue weighted by atomic mass is 32.2. The van der Waals surface area contributed by atoms with E-state index in [1.54, 1.807) is 0 Å². The molecular formula is C20H23N3O5S2. The molecule has 1 aliphatic heterocycles. The number of para-hydroxylation sites is 1. The minimum absolute atomic E-state index is 0.132. The van der Waals surface area contributed by atoms with Crippen molar-refractivity contribution in [3.8, 4) is 17.2 Å². The zero-order chi connectivity index (χ0) is 21.3. The molecule has 8 nitrogen and oxygen atoms in total. The van der Waals surface area contributed by atoms with Crippen molar-refractivity contribution >= 4 is 43.4 Å². The van der Waals surface area contributed by atoms with Crippen molar-refractivity contribution in [2.24, 2.45) is 5.92 Å². The largest absolute Gasteiger partial charge is 0.490 e. The maximum absolute atomic E-state index is 12.6. The van der Waals surface area contributed by atoms with Crippen LogP contribution >= 0.6 is 11.3 Å². The number of hydrogen-bond acceptors (Lipinski definition) is 7. The molecule has 0 bridgehead atoms. The molecule has 4 rings (SSSR count). The van der Waals surface area contributed by atoms with Gasteiger partial charge < -0.3 is 14.5 Å². The van der Waals surface area contributed by atoms with Gasteiger partial charge in [-0.1, -0.05) is 12.1 Å². The highest BCUT2D eigenvalue weighted by Gasteiger charge is 2.29. The Morgan fingerprint density at radius 3 is 2.83 bits per heavy atom. The third-order valence-corrected chi connectivity index (χ3v) is 7.15. The summed E-state index contributed by atoms with van der Waals surface area (Å²) >= 11 is 1.33. The summed E-state index contributed by atoms with van der Waals surface area (Å²) in [7, 11) is -3.21. The molecule has 0 saturated carbocycles. The first-order valence-corrected chi connectivity index (χ1v) is 12.4. The smallest absolute Gasteiger partial charge is 0.229 e. The van der Waals surface area contributed by atoms with Gasteiger partial charge >= 0.3 is 0 Å². The van der Waals surface area contributed by atoms with Gasteiger partial charge in [-0.05, 0) is 31.9 Å². The zero-order valence-electron chi connectivity index (χ0n) is 16.8. The maximum Gasteiger partial charge on any atom is 0.229 e. The Labute approximate surface area is 178 Å². The van der Waals surface area contributed by atoms with Crippen molar-refractivity contribution in [3.05, 3.63) is 29.6 Å². The van der Waals surface area contributed by atoms with Gasteiger partial charge in [-0.2, -0.15) is 0 Å². The zero-order valence-corrected chi connectivity index (χ0v) is 18.4. The number of aromatic nitrogens is 1. The molecular weight excluding hydrogens is 426 g/mol. The Bertz CT molecular complexity index is 1160. The molecule has 1 aromatic carbocycles. The standard InChI is InChI=1S/C20H23N3O5S2/c1-3-27-16-6-4-5-14-11-17(28-18(14)16)15-12-29-20(21-15)22-19(24)13-7-9-23(10-8-13)30(2,25)26/h4-6,11-13H,3,7-10H2,1-2H3,(H,21,22,24). The number of carbonyl (C=O) groups is 1. The van der Waals surface area contributed by atoms with Gasteiger partial charge in [-0.3, -0.25) is 4.79 Å². The second-order valence-electron chi connectivity index (χ2n) is 7.18. The molecule has 10 heteroatoms. The first-order valence-electron chi connectivity index (χ1n) is 9.72. The number of thiazole rings is 1. The Kier molecular flexibility index (Phi) is 5.81. The summed E-state index contributed by atoms with van der Waals surface area (Å²) in [5.74, 6) is 0.934. The van der Waals surface area contributed by atoms with Crippen LogP contribution in [0.25, 0.3) is 22.4 Å². The molecule has 160 valence electrons. The highest BCUT2D eigenvalue weighted by Crippen LogP contribution is 2.34. The van der Waals surface area contributed by atoms with E-state index in [0.29, 0.717) is 60.5 Å². The lowest BCUT2D eigenvalue weighted by Crippen LogP contribution is -2.40. The molecule has 30 heavy (non-hydrogen) atoms. The van der Waals surface area contributed by atoms with Crippen molar-refractivity contribution in [3.63, 3.8) is 0 Å². The summed E-state index contributed by atoms with van der Waals surface area (Å²) in [5, 5.41) is 6.10. The Morgan fingerprint density at radius 2 is 2.13 bits per heavy atom. The van der Waals surface area contributed by atoms with E-state index in [2.05, 4.69) is 10.3 Å². The van der Waals surface area contributed by atoms with Gasteiger partial charge in [0.1, 0.15) is 5.69 Å². The van der Waals surface area contributed by atoms with Crippen molar-refractivity contribution in [2.45, 2.75) is 19.8 Å². The summed E-state index contributed by atoms with van der Waals surface area (Å²) in [6, 6.07) is 7.62. The van der Waals surface area contributed by atoms with E-state index in [0.717, 1.165) is 5.39 Å². The van der Waals surface area contributed by atoms with Crippen molar-refractivity contribution in [2.75, 3.05) is 31.3 Å². The topological polar surface area (TPSA) is 102 Å². The van der Waals surface area contributed by atoms with E-state index in [-0.39, 0.29) is 11.8 Å². The number of rotatable bonds is 6. The van der Waals surface area contributed by atoms with E-state index in [1.807, 2.05) is 36.6 Å². The Morgan fingerprint density at radius 1 is 1.37 bits per heavy atom. The minimum Gasteiger partial charge on any atom is -0.490 e. The molecule has 1 saturated heterocycles. The number of benzene rings is 1. The fourth-order valence-corrected chi connectivity index (χ4v) is 5.11. The van der Waals surface area contributed by atoms with Crippen LogP contribution in [0.5, 0.6) is 5.75 Å². The fourth-order valence-electron chi connectivity index (χ4n) is 3.53. The lowest BCUT2D eigenvalue weighted by atomic mass is 9.97. The number of carbonyl (C=O) groups excluding carboxylic acids is 1. The van der Waals surface area contributed by atoms with Crippen LogP contribution in [0.2, 0.25) is 0 Å². The van der Waals surface area contributed by atoms with E-state index < -0.39 is 10.0 Å². The number of anilines is 1. The highest BCUT2D eigenvalue weighted by molar-refractivity contribution is 7.88. The molecule has 3 aromatic rings. The molecule has 1 N–H and O–H groups in total. The monoisotopic (exact) mass is 449 g/mol. The number of ether oxygens (including phenoxy) is 1. The van der Waals surface area contributed by atoms with Crippen molar-refractivity contribution < 1.29 is 22.4 Å². The molecule has 1 aliphatic rings. The van der Waals surface area contributed by atoms with E-state index in [4.69, 9.17) is 9.15 Å². The third-order valence-electron chi connectivity index (χ3n) is 5.09. The second-order valence-corrected chi connectivity index (χ2v) is 10.0. The molecule has 3 heterocycles. The van der Waals surface area contributed by atoms with Crippen LogP contribution in [-0.2, 0) is 14.8 Å². The van der Waals surface area contributed by atoms with Gasteiger partial charge in [0.15, 0.2) is 22.2 Å². The van der Waals surface area contributed by atoms with Gasteiger partial charge in [0, 0.05) is 29.8 Å². The number of fused-ring (bicyclic) bond motifs is 1. The lowest BCUT2D eigenvalue weighted by Gasteiger charge is -2.29. The summed E-state index contributed by atoms with van der Waals surface area (Å²) in [6.45, 7) is 3.19. The molecule has 0 aliphatic carbocycles. The van der Waals surface area contributed by atoms with Crippen molar-refractivity contribution in [1.82, 2.24) is 9.29 Å². The van der Waals surface area contributed by atoms with Gasteiger partial charge in [0.05, 0.1) is 12.9 Å². The first-order chi connectivity index (χ1) is 14.3. The van der Waals surface area contributed by atoms with Crippen LogP contribution < -0.4 is 10.1 Å². The number of amides is 1. The van der Waals surface area contributed by atoms with E-state index in [1.165, 1.54) is 21.9 Å². The van der Waals surface area contributed by atoms with Crippen LogP contribution in [0.4, 0.5) is 5.13 Å². The van der Waals surface area contributed by atoms with E-state index in [9.17, 15) is 13.2 Å². The quantitative estimate of drug-likeness (QED) is 0.617. The molecule has 0 spiro atoms. The minimum atomic E-state index is -3.21. The van der Waals surface area contributed by atoms with Crippen LogP contribution in [-0.4, -0.2) is 49.6 Å². The normalized spacial score (nSPS) is 16.1. The maximum atomic E-state index is 12.6. The average Bonchev–Trinajstić information content (AvgIpc) is 3.35. The predicted molar refractivity (Wildman–Crippen MR) is 116 cm³/mol. The number of hydrogen-bond donors (Lipinski definition) is 1. The molecule has 1 fully saturated rings. The summed E-state index contributed by atoms with van der Waals surface area (Å²) in [6.07, 6.45) is 2.20. The summed E-state index contributed by atoms with van der Waals surface area (Å²) in [4.78, 5) is 17.1. The first kappa shape index (κ1) is 20.8. The van der Waals surface area contributed by atoms with Crippen LogP contribution in [0.1, 0.15) is 19.8 Å². The SMILES string of the molecule is CCOc1cccc2cc(-c3csc(NC(=O)C4CCN(S(C)(=O)=O)CC4)n3)oc12. The van der Waals surface area contributed by atoms with Gasteiger partial charge in [0.2, 0.25) is 15.9 Å². The number of nitrogens with zero attached hydrogens (tertiary/aromatic N) is 2. The predicted octanol–water partition coefficient (Wildman–Crippen LogP) is 3.57.